The van der Waals surface area contributed by atoms with Gasteiger partial charge in [-0.15, -0.1) is 11.8 Å². The van der Waals surface area contributed by atoms with Gasteiger partial charge in [-0.1, -0.05) is 43.3 Å². The maximum Gasteiger partial charge on any atom is 0.238 e. The van der Waals surface area contributed by atoms with Crippen LogP contribution >= 0.6 is 11.8 Å². The molecule has 3 rings (SSSR count). The van der Waals surface area contributed by atoms with Crippen LogP contribution in [-0.2, 0) is 17.1 Å². The van der Waals surface area contributed by atoms with Crippen molar-refractivity contribution < 1.29 is 9.90 Å². The molecular weight excluding hydrogens is 394 g/mol. The minimum atomic E-state index is -0.0617. The van der Waals surface area contributed by atoms with Crippen molar-refractivity contribution in [2.75, 3.05) is 18.4 Å². The number of hydrogen-bond donors (Lipinski definition) is 2. The van der Waals surface area contributed by atoms with Crippen LogP contribution in [0.15, 0.2) is 78.0 Å². The number of nitrogens with zero attached hydrogens (tertiary/aromatic N) is 2. The third-order valence-corrected chi connectivity index (χ3v) is 5.54. The molecule has 5 nitrogen and oxygen atoms in total. The van der Waals surface area contributed by atoms with Gasteiger partial charge in [0.15, 0.2) is 0 Å². The molecule has 0 atom stereocenters. The van der Waals surface area contributed by atoms with Crippen molar-refractivity contribution in [1.82, 2.24) is 9.88 Å². The van der Waals surface area contributed by atoms with E-state index in [1.54, 1.807) is 30.1 Å². The largest absolute Gasteiger partial charge is 0.508 e. The Kier molecular flexibility index (Phi) is 8.30. The van der Waals surface area contributed by atoms with Crippen molar-refractivity contribution in [3.8, 4) is 5.75 Å². The quantitative estimate of drug-likeness (QED) is 0.455. The third kappa shape index (κ3) is 6.90. The van der Waals surface area contributed by atoms with Gasteiger partial charge in [-0.3, -0.25) is 9.69 Å². The van der Waals surface area contributed by atoms with Gasteiger partial charge in [-0.05, 0) is 48.9 Å². The Morgan fingerprint density at radius 2 is 1.93 bits per heavy atom. The number of para-hydroxylation sites is 1. The van der Waals surface area contributed by atoms with Crippen LogP contribution in [0.5, 0.6) is 5.75 Å². The average Bonchev–Trinajstić information content (AvgIpc) is 2.75. The van der Waals surface area contributed by atoms with Gasteiger partial charge in [-0.25, -0.2) is 4.98 Å². The summed E-state index contributed by atoms with van der Waals surface area (Å²) in [5.74, 6) is 0.987. The molecule has 0 unspecified atom stereocenters. The van der Waals surface area contributed by atoms with Gasteiger partial charge in [-0.2, -0.15) is 0 Å². The summed E-state index contributed by atoms with van der Waals surface area (Å²) in [6, 6.07) is 21.0. The number of carbonyl (C=O) groups is 1. The minimum Gasteiger partial charge on any atom is -0.508 e. The fourth-order valence-corrected chi connectivity index (χ4v) is 3.95. The van der Waals surface area contributed by atoms with Crippen LogP contribution in [0.25, 0.3) is 0 Å². The van der Waals surface area contributed by atoms with Crippen LogP contribution in [0, 0.1) is 0 Å². The Bertz CT molecular complexity index is 950. The van der Waals surface area contributed by atoms with Gasteiger partial charge in [0.2, 0.25) is 5.91 Å². The van der Waals surface area contributed by atoms with E-state index >= 15 is 0 Å². The van der Waals surface area contributed by atoms with Crippen molar-refractivity contribution in [1.29, 1.82) is 0 Å². The number of pyridine rings is 1. The molecule has 2 N–H and O–H groups in total. The standard InChI is InChI=1S/C24H27N3O2S/c1-2-14-27(16-20-9-3-4-11-22(20)28)17-23(29)26-21-10-7-8-19(15-21)18-30-24-12-5-6-13-25-24/h3-13,15,28H,2,14,16-18H2,1H3,(H,26,29). The zero-order valence-electron chi connectivity index (χ0n) is 17.1. The molecule has 0 saturated carbocycles. The van der Waals surface area contributed by atoms with E-state index in [0.717, 1.165) is 40.6 Å². The predicted octanol–water partition coefficient (Wildman–Crippen LogP) is 4.93. The van der Waals surface area contributed by atoms with E-state index in [4.69, 9.17) is 0 Å². The first kappa shape index (κ1) is 21.9. The molecule has 1 amide bonds. The van der Waals surface area contributed by atoms with Gasteiger partial charge in [0.1, 0.15) is 5.75 Å². The number of hydrogen-bond acceptors (Lipinski definition) is 5. The molecule has 1 heterocycles. The number of benzene rings is 2. The monoisotopic (exact) mass is 421 g/mol. The van der Waals surface area contributed by atoms with E-state index in [1.807, 2.05) is 59.5 Å². The molecule has 1 aromatic heterocycles. The van der Waals surface area contributed by atoms with E-state index in [9.17, 15) is 9.90 Å². The van der Waals surface area contributed by atoms with Crippen LogP contribution in [0.2, 0.25) is 0 Å². The summed E-state index contributed by atoms with van der Waals surface area (Å²) in [4.78, 5) is 19.0. The van der Waals surface area contributed by atoms with E-state index in [1.165, 1.54) is 0 Å². The fourth-order valence-electron chi connectivity index (χ4n) is 3.15. The first-order chi connectivity index (χ1) is 14.6. The fraction of sp³-hybridized carbons (Fsp3) is 0.250. The highest BCUT2D eigenvalue weighted by atomic mass is 32.2. The second-order valence-electron chi connectivity index (χ2n) is 7.04. The highest BCUT2D eigenvalue weighted by Crippen LogP contribution is 2.22. The zero-order valence-corrected chi connectivity index (χ0v) is 17.9. The predicted molar refractivity (Wildman–Crippen MR) is 123 cm³/mol. The number of thioether (sulfide) groups is 1. The minimum absolute atomic E-state index is 0.0617. The van der Waals surface area contributed by atoms with Gasteiger partial charge in [0, 0.05) is 29.7 Å². The van der Waals surface area contributed by atoms with Crippen LogP contribution in [0.3, 0.4) is 0 Å². The van der Waals surface area contributed by atoms with Gasteiger partial charge in [0.05, 0.1) is 11.6 Å². The molecule has 0 aliphatic rings. The molecule has 0 aliphatic heterocycles. The smallest absolute Gasteiger partial charge is 0.238 e. The Labute approximate surface area is 182 Å². The Balaban J connectivity index is 1.56. The Morgan fingerprint density at radius 1 is 1.10 bits per heavy atom. The summed E-state index contributed by atoms with van der Waals surface area (Å²) >= 11 is 1.67. The van der Waals surface area contributed by atoms with Crippen molar-refractivity contribution in [3.05, 3.63) is 84.1 Å². The lowest BCUT2D eigenvalue weighted by molar-refractivity contribution is -0.117. The molecular formula is C24H27N3O2S. The maximum atomic E-state index is 12.6. The van der Waals surface area contributed by atoms with E-state index in [0.29, 0.717) is 6.54 Å². The van der Waals surface area contributed by atoms with Crippen molar-refractivity contribution in [3.63, 3.8) is 0 Å². The third-order valence-electron chi connectivity index (χ3n) is 4.53. The maximum absolute atomic E-state index is 12.6. The number of anilines is 1. The first-order valence-electron chi connectivity index (χ1n) is 10.1. The number of aromatic hydroxyl groups is 1. The normalized spacial score (nSPS) is 10.9. The topological polar surface area (TPSA) is 65.5 Å². The van der Waals surface area contributed by atoms with Gasteiger partial charge >= 0.3 is 0 Å². The molecule has 0 spiro atoms. The van der Waals surface area contributed by atoms with E-state index in [2.05, 4.69) is 17.2 Å². The van der Waals surface area contributed by atoms with Gasteiger partial charge in [0.25, 0.3) is 0 Å². The molecule has 0 saturated heterocycles. The summed E-state index contributed by atoms with van der Waals surface area (Å²) in [6.07, 6.45) is 2.72. The number of amides is 1. The number of phenolic OH excluding ortho intramolecular Hbond substituents is 1. The van der Waals surface area contributed by atoms with Crippen molar-refractivity contribution in [2.24, 2.45) is 0 Å². The molecule has 0 radical (unpaired) electrons. The van der Waals surface area contributed by atoms with Crippen LogP contribution < -0.4 is 5.32 Å². The highest BCUT2D eigenvalue weighted by Gasteiger charge is 2.13. The Hall–Kier alpha value is -2.83. The lowest BCUT2D eigenvalue weighted by Crippen LogP contribution is -2.33. The van der Waals surface area contributed by atoms with E-state index < -0.39 is 0 Å². The zero-order chi connectivity index (χ0) is 21.2. The SMILES string of the molecule is CCCN(CC(=O)Nc1cccc(CSc2ccccn2)c1)Cc1ccccc1O. The number of aromatic nitrogens is 1. The molecule has 3 aromatic rings. The molecule has 2 aromatic carbocycles. The van der Waals surface area contributed by atoms with Crippen LogP contribution in [-0.4, -0.2) is 34.0 Å². The second-order valence-corrected chi connectivity index (χ2v) is 8.04. The lowest BCUT2D eigenvalue weighted by Gasteiger charge is -2.21. The molecule has 6 heteroatoms. The molecule has 156 valence electrons. The number of phenols is 1. The van der Waals surface area contributed by atoms with E-state index in [-0.39, 0.29) is 18.2 Å². The molecule has 0 aliphatic carbocycles. The summed E-state index contributed by atoms with van der Waals surface area (Å²) in [7, 11) is 0. The number of nitrogens with one attached hydrogen (secondary N) is 1. The lowest BCUT2D eigenvalue weighted by atomic mass is 10.2. The first-order valence-corrected chi connectivity index (χ1v) is 11.0. The van der Waals surface area contributed by atoms with Crippen molar-refractivity contribution >= 4 is 23.4 Å². The van der Waals surface area contributed by atoms with Gasteiger partial charge < -0.3 is 10.4 Å². The molecule has 30 heavy (non-hydrogen) atoms. The Morgan fingerprint density at radius 3 is 2.70 bits per heavy atom. The number of rotatable bonds is 10. The van der Waals surface area contributed by atoms with Crippen LogP contribution in [0.4, 0.5) is 5.69 Å². The second kappa shape index (κ2) is 11.4. The average molecular weight is 422 g/mol. The summed E-state index contributed by atoms with van der Waals surface area (Å²) in [6.45, 7) is 3.67. The number of carbonyl (C=O) groups excluding carboxylic acids is 1. The van der Waals surface area contributed by atoms with Crippen LogP contribution in [0.1, 0.15) is 24.5 Å². The summed E-state index contributed by atoms with van der Waals surface area (Å²) < 4.78 is 0. The molecule has 0 fully saturated rings. The van der Waals surface area contributed by atoms with Crippen molar-refractivity contribution in [2.45, 2.75) is 30.7 Å². The highest BCUT2D eigenvalue weighted by molar-refractivity contribution is 7.98. The molecule has 0 bridgehead atoms. The summed E-state index contributed by atoms with van der Waals surface area (Å²) in [5, 5.41) is 14.0. The summed E-state index contributed by atoms with van der Waals surface area (Å²) in [5.41, 5.74) is 2.74.